The van der Waals surface area contributed by atoms with Crippen molar-refractivity contribution < 1.29 is 9.53 Å². The lowest BCUT2D eigenvalue weighted by atomic mass is 10.1. The quantitative estimate of drug-likeness (QED) is 0.856. The topological polar surface area (TPSA) is 63.2 Å². The van der Waals surface area contributed by atoms with Gasteiger partial charge < -0.3 is 15.4 Å². The molecule has 0 aliphatic carbocycles. The van der Waals surface area contributed by atoms with Crippen LogP contribution in [0.1, 0.15) is 27.7 Å². The molecule has 0 bridgehead atoms. The normalized spacial score (nSPS) is 12.7. The van der Waals surface area contributed by atoms with E-state index < -0.39 is 0 Å². The van der Waals surface area contributed by atoms with E-state index in [1.807, 2.05) is 27.7 Å². The molecule has 18 heavy (non-hydrogen) atoms. The maximum absolute atomic E-state index is 11.9. The molecular weight excluding hydrogens is 230 g/mol. The number of ether oxygens (including phenoxy) is 1. The third-order valence-corrected chi connectivity index (χ3v) is 2.22. The Bertz CT molecular complexity index is 413. The van der Waals surface area contributed by atoms with E-state index in [1.54, 1.807) is 25.4 Å². The number of carbonyl (C=O) groups excluding carboxylic acids is 1. The Morgan fingerprint density at radius 2 is 2.11 bits per heavy atom. The smallest absolute Gasteiger partial charge is 0.242 e. The lowest BCUT2D eigenvalue weighted by Crippen LogP contribution is -2.47. The Balaban J connectivity index is 2.63. The van der Waals surface area contributed by atoms with Gasteiger partial charge in [-0.05, 0) is 33.8 Å². The first-order chi connectivity index (χ1) is 8.31. The molecule has 0 aliphatic rings. The standard InChI is InChI=1S/C13H21N3O2/c1-9(12(17)16-13(2,3)4)15-10-6-7-14-11(8-10)18-5/h6-9H,1-5H3,(H,14,15)(H,16,17). The molecule has 100 valence electrons. The van der Waals surface area contributed by atoms with Crippen molar-refractivity contribution in [2.75, 3.05) is 12.4 Å². The highest BCUT2D eigenvalue weighted by atomic mass is 16.5. The van der Waals surface area contributed by atoms with E-state index in [4.69, 9.17) is 4.74 Å². The van der Waals surface area contributed by atoms with Crippen LogP contribution in [-0.2, 0) is 4.79 Å². The summed E-state index contributed by atoms with van der Waals surface area (Å²) in [4.78, 5) is 15.9. The summed E-state index contributed by atoms with van der Waals surface area (Å²) >= 11 is 0. The minimum Gasteiger partial charge on any atom is -0.481 e. The van der Waals surface area contributed by atoms with Crippen molar-refractivity contribution in [2.45, 2.75) is 39.3 Å². The number of amides is 1. The van der Waals surface area contributed by atoms with Gasteiger partial charge in [-0.2, -0.15) is 0 Å². The van der Waals surface area contributed by atoms with E-state index in [2.05, 4.69) is 15.6 Å². The van der Waals surface area contributed by atoms with E-state index in [1.165, 1.54) is 0 Å². The molecule has 2 N–H and O–H groups in total. The monoisotopic (exact) mass is 251 g/mol. The second-order valence-electron chi connectivity index (χ2n) is 5.19. The Morgan fingerprint density at radius 3 is 2.67 bits per heavy atom. The maximum atomic E-state index is 11.9. The highest BCUT2D eigenvalue weighted by Crippen LogP contribution is 2.14. The summed E-state index contributed by atoms with van der Waals surface area (Å²) in [5, 5.41) is 6.03. The predicted molar refractivity (Wildman–Crippen MR) is 71.8 cm³/mol. The van der Waals surface area contributed by atoms with Gasteiger partial charge in [0.25, 0.3) is 0 Å². The minimum atomic E-state index is -0.323. The Hall–Kier alpha value is -1.78. The molecule has 0 aromatic carbocycles. The van der Waals surface area contributed by atoms with Gasteiger partial charge >= 0.3 is 0 Å². The van der Waals surface area contributed by atoms with Gasteiger partial charge in [0.2, 0.25) is 11.8 Å². The number of rotatable bonds is 4. The minimum absolute atomic E-state index is 0.0433. The van der Waals surface area contributed by atoms with Gasteiger partial charge in [0.15, 0.2) is 0 Å². The largest absolute Gasteiger partial charge is 0.481 e. The number of anilines is 1. The Labute approximate surface area is 108 Å². The molecule has 0 fully saturated rings. The van der Waals surface area contributed by atoms with Crippen LogP contribution in [-0.4, -0.2) is 29.6 Å². The van der Waals surface area contributed by atoms with Crippen LogP contribution in [0.4, 0.5) is 5.69 Å². The van der Waals surface area contributed by atoms with Crippen molar-refractivity contribution in [1.82, 2.24) is 10.3 Å². The number of nitrogens with zero attached hydrogens (tertiary/aromatic N) is 1. The van der Waals surface area contributed by atoms with Gasteiger partial charge in [-0.3, -0.25) is 4.79 Å². The first kappa shape index (κ1) is 14.3. The van der Waals surface area contributed by atoms with E-state index in [0.717, 1.165) is 5.69 Å². The van der Waals surface area contributed by atoms with Crippen LogP contribution < -0.4 is 15.4 Å². The van der Waals surface area contributed by atoms with Crippen LogP contribution in [0, 0.1) is 0 Å². The molecule has 1 amide bonds. The number of nitrogens with one attached hydrogen (secondary N) is 2. The zero-order valence-electron chi connectivity index (χ0n) is 11.6. The molecule has 0 saturated carbocycles. The Kier molecular flexibility index (Phi) is 4.53. The summed E-state index contributed by atoms with van der Waals surface area (Å²) in [7, 11) is 1.56. The first-order valence-corrected chi connectivity index (χ1v) is 5.90. The average molecular weight is 251 g/mol. The number of pyridine rings is 1. The lowest BCUT2D eigenvalue weighted by molar-refractivity contribution is -0.122. The van der Waals surface area contributed by atoms with Crippen molar-refractivity contribution in [1.29, 1.82) is 0 Å². The van der Waals surface area contributed by atoms with E-state index in [-0.39, 0.29) is 17.5 Å². The molecule has 0 radical (unpaired) electrons. The molecule has 0 saturated heterocycles. The molecule has 5 nitrogen and oxygen atoms in total. The van der Waals surface area contributed by atoms with Crippen LogP contribution >= 0.6 is 0 Å². The summed E-state index contributed by atoms with van der Waals surface area (Å²) < 4.78 is 5.03. The third-order valence-electron chi connectivity index (χ3n) is 2.22. The highest BCUT2D eigenvalue weighted by Gasteiger charge is 2.19. The van der Waals surface area contributed by atoms with Crippen LogP contribution in [0.3, 0.4) is 0 Å². The average Bonchev–Trinajstić information content (AvgIpc) is 2.27. The van der Waals surface area contributed by atoms with Crippen LogP contribution in [0.2, 0.25) is 0 Å². The second kappa shape index (κ2) is 5.71. The SMILES string of the molecule is COc1cc(NC(C)C(=O)NC(C)(C)C)ccn1. The fourth-order valence-electron chi connectivity index (χ4n) is 1.40. The van der Waals surface area contributed by atoms with Crippen molar-refractivity contribution in [3.05, 3.63) is 18.3 Å². The fraction of sp³-hybridized carbons (Fsp3) is 0.538. The van der Waals surface area contributed by atoms with Gasteiger partial charge in [0, 0.05) is 23.5 Å². The van der Waals surface area contributed by atoms with Crippen molar-refractivity contribution in [3.8, 4) is 5.88 Å². The molecule has 1 aromatic rings. The van der Waals surface area contributed by atoms with Crippen LogP contribution in [0.15, 0.2) is 18.3 Å². The molecule has 1 rings (SSSR count). The molecule has 1 aromatic heterocycles. The van der Waals surface area contributed by atoms with Gasteiger partial charge in [0.1, 0.15) is 6.04 Å². The van der Waals surface area contributed by atoms with Crippen molar-refractivity contribution >= 4 is 11.6 Å². The van der Waals surface area contributed by atoms with E-state index >= 15 is 0 Å². The summed E-state index contributed by atoms with van der Waals surface area (Å²) in [6.07, 6.45) is 1.63. The first-order valence-electron chi connectivity index (χ1n) is 5.90. The number of hydrogen-bond acceptors (Lipinski definition) is 4. The van der Waals surface area contributed by atoms with E-state index in [0.29, 0.717) is 5.88 Å². The van der Waals surface area contributed by atoms with Crippen molar-refractivity contribution in [2.24, 2.45) is 0 Å². The Morgan fingerprint density at radius 1 is 1.44 bits per heavy atom. The van der Waals surface area contributed by atoms with Crippen LogP contribution in [0.25, 0.3) is 0 Å². The molecule has 1 atom stereocenters. The van der Waals surface area contributed by atoms with Gasteiger partial charge in [-0.1, -0.05) is 0 Å². The number of aromatic nitrogens is 1. The fourth-order valence-corrected chi connectivity index (χ4v) is 1.40. The molecule has 0 spiro atoms. The maximum Gasteiger partial charge on any atom is 0.242 e. The van der Waals surface area contributed by atoms with Gasteiger partial charge in [0.05, 0.1) is 7.11 Å². The van der Waals surface area contributed by atoms with Crippen molar-refractivity contribution in [3.63, 3.8) is 0 Å². The molecule has 1 heterocycles. The summed E-state index contributed by atoms with van der Waals surface area (Å²) in [5.41, 5.74) is 0.571. The summed E-state index contributed by atoms with van der Waals surface area (Å²) in [6.45, 7) is 7.67. The number of carbonyl (C=O) groups is 1. The third kappa shape index (κ3) is 4.61. The zero-order valence-corrected chi connectivity index (χ0v) is 11.6. The van der Waals surface area contributed by atoms with Gasteiger partial charge in [-0.25, -0.2) is 4.98 Å². The van der Waals surface area contributed by atoms with E-state index in [9.17, 15) is 4.79 Å². The number of methoxy groups -OCH3 is 1. The summed E-state index contributed by atoms with van der Waals surface area (Å²) in [6, 6.07) is 3.22. The predicted octanol–water partition coefficient (Wildman–Crippen LogP) is 1.81. The lowest BCUT2D eigenvalue weighted by Gasteiger charge is -2.24. The number of hydrogen-bond donors (Lipinski definition) is 2. The highest BCUT2D eigenvalue weighted by molar-refractivity contribution is 5.84. The second-order valence-corrected chi connectivity index (χ2v) is 5.19. The molecule has 1 unspecified atom stereocenters. The van der Waals surface area contributed by atoms with Crippen LogP contribution in [0.5, 0.6) is 5.88 Å². The zero-order chi connectivity index (χ0) is 13.8. The van der Waals surface area contributed by atoms with Gasteiger partial charge in [-0.15, -0.1) is 0 Å². The molecule has 5 heteroatoms. The summed E-state index contributed by atoms with van der Waals surface area (Å²) in [5.74, 6) is 0.474. The molecular formula is C13H21N3O2. The molecule has 0 aliphatic heterocycles.